The molecule has 2 heterocycles. The molecule has 27 heavy (non-hydrogen) atoms. The Morgan fingerprint density at radius 1 is 1.04 bits per heavy atom. The van der Waals surface area contributed by atoms with Crippen molar-refractivity contribution in [3.8, 4) is 0 Å². The van der Waals surface area contributed by atoms with Crippen molar-refractivity contribution in [2.24, 2.45) is 0 Å². The van der Waals surface area contributed by atoms with Gasteiger partial charge in [-0.15, -0.1) is 0 Å². The van der Waals surface area contributed by atoms with Crippen LogP contribution in [0.4, 0.5) is 4.79 Å². The molecule has 0 radical (unpaired) electrons. The van der Waals surface area contributed by atoms with Gasteiger partial charge in [-0.25, -0.2) is 4.79 Å². The maximum absolute atomic E-state index is 13.4. The van der Waals surface area contributed by atoms with Crippen LogP contribution in [0.1, 0.15) is 29.7 Å². The topological polar surface area (TPSA) is 62.7 Å². The van der Waals surface area contributed by atoms with Crippen LogP contribution in [0.3, 0.4) is 0 Å². The van der Waals surface area contributed by atoms with Crippen molar-refractivity contribution in [3.05, 3.63) is 65.5 Å². The lowest BCUT2D eigenvalue weighted by Gasteiger charge is -2.36. The molecule has 1 atom stereocenters. The normalized spacial score (nSPS) is 15.3. The van der Waals surface area contributed by atoms with Gasteiger partial charge in [0.15, 0.2) is 0 Å². The largest absolute Gasteiger partial charge is 0.450 e. The monoisotopic (exact) mass is 367 g/mol. The number of nitrogens with zero attached hydrogens (tertiary/aromatic N) is 3. The number of hydrogen-bond donors (Lipinski definition) is 0. The first-order valence-electron chi connectivity index (χ1n) is 9.28. The average Bonchev–Trinajstić information content (AvgIpc) is 2.71. The van der Waals surface area contributed by atoms with Crippen LogP contribution in [0, 0.1) is 6.92 Å². The molecule has 2 aromatic rings. The SMILES string of the molecule is CCOC(=O)N1CCN(C(=O)C(c2ccccn2)c2ccccc2C)CC1. The smallest absolute Gasteiger partial charge is 0.409 e. The van der Waals surface area contributed by atoms with Gasteiger partial charge in [0.1, 0.15) is 5.92 Å². The lowest BCUT2D eigenvalue weighted by Crippen LogP contribution is -2.52. The molecule has 0 N–H and O–H groups in total. The van der Waals surface area contributed by atoms with Crippen LogP contribution in [0.5, 0.6) is 0 Å². The molecule has 1 saturated heterocycles. The van der Waals surface area contributed by atoms with E-state index in [0.717, 1.165) is 16.8 Å². The zero-order valence-corrected chi connectivity index (χ0v) is 15.8. The first kappa shape index (κ1) is 18.9. The summed E-state index contributed by atoms with van der Waals surface area (Å²) in [5.41, 5.74) is 2.77. The van der Waals surface area contributed by atoms with Gasteiger partial charge < -0.3 is 14.5 Å². The van der Waals surface area contributed by atoms with Gasteiger partial charge in [0.25, 0.3) is 0 Å². The minimum absolute atomic E-state index is 0.0199. The van der Waals surface area contributed by atoms with Crippen molar-refractivity contribution in [3.63, 3.8) is 0 Å². The average molecular weight is 367 g/mol. The van der Waals surface area contributed by atoms with Gasteiger partial charge in [-0.1, -0.05) is 30.3 Å². The second-order valence-corrected chi connectivity index (χ2v) is 6.56. The summed E-state index contributed by atoms with van der Waals surface area (Å²) in [6.45, 7) is 6.10. The van der Waals surface area contributed by atoms with Crippen LogP contribution >= 0.6 is 0 Å². The van der Waals surface area contributed by atoms with E-state index in [9.17, 15) is 9.59 Å². The summed E-state index contributed by atoms with van der Waals surface area (Å²) >= 11 is 0. The van der Waals surface area contributed by atoms with E-state index in [0.29, 0.717) is 32.8 Å². The zero-order valence-electron chi connectivity index (χ0n) is 15.8. The lowest BCUT2D eigenvalue weighted by atomic mass is 9.90. The first-order chi connectivity index (χ1) is 13.1. The second-order valence-electron chi connectivity index (χ2n) is 6.56. The van der Waals surface area contributed by atoms with Gasteiger partial charge in [0.05, 0.1) is 12.3 Å². The van der Waals surface area contributed by atoms with Gasteiger partial charge in [-0.3, -0.25) is 9.78 Å². The van der Waals surface area contributed by atoms with Crippen LogP contribution in [-0.2, 0) is 9.53 Å². The van der Waals surface area contributed by atoms with Crippen molar-refractivity contribution in [1.29, 1.82) is 0 Å². The molecule has 1 fully saturated rings. The fraction of sp³-hybridized carbons (Fsp3) is 0.381. The van der Waals surface area contributed by atoms with E-state index in [1.54, 1.807) is 18.0 Å². The second kappa shape index (κ2) is 8.66. The van der Waals surface area contributed by atoms with Crippen molar-refractivity contribution in [2.45, 2.75) is 19.8 Å². The van der Waals surface area contributed by atoms with E-state index in [2.05, 4.69) is 4.98 Å². The number of piperazine rings is 1. The molecule has 142 valence electrons. The molecule has 2 amide bonds. The van der Waals surface area contributed by atoms with E-state index >= 15 is 0 Å². The number of aryl methyl sites for hydroxylation is 1. The molecule has 6 nitrogen and oxygen atoms in total. The summed E-state index contributed by atoms with van der Waals surface area (Å²) in [5, 5.41) is 0. The zero-order chi connectivity index (χ0) is 19.2. The summed E-state index contributed by atoms with van der Waals surface area (Å²) in [7, 11) is 0. The van der Waals surface area contributed by atoms with E-state index in [1.165, 1.54) is 0 Å². The highest BCUT2D eigenvalue weighted by molar-refractivity contribution is 5.87. The molecule has 1 unspecified atom stereocenters. The Morgan fingerprint density at radius 3 is 2.33 bits per heavy atom. The minimum Gasteiger partial charge on any atom is -0.450 e. The molecule has 1 aromatic heterocycles. The summed E-state index contributed by atoms with van der Waals surface area (Å²) in [5.74, 6) is -0.423. The number of carbonyl (C=O) groups excluding carboxylic acids is 2. The Morgan fingerprint density at radius 2 is 1.70 bits per heavy atom. The van der Waals surface area contributed by atoms with E-state index in [4.69, 9.17) is 4.74 Å². The van der Waals surface area contributed by atoms with Crippen LogP contribution in [0.25, 0.3) is 0 Å². The predicted molar refractivity (Wildman–Crippen MR) is 102 cm³/mol. The van der Waals surface area contributed by atoms with Crippen molar-refractivity contribution >= 4 is 12.0 Å². The van der Waals surface area contributed by atoms with Gasteiger partial charge in [0, 0.05) is 32.4 Å². The van der Waals surface area contributed by atoms with Crippen LogP contribution < -0.4 is 0 Å². The Bertz CT molecular complexity index is 786. The highest BCUT2D eigenvalue weighted by Gasteiger charge is 2.32. The Kier molecular flexibility index (Phi) is 6.06. The molecule has 1 aliphatic heterocycles. The highest BCUT2D eigenvalue weighted by atomic mass is 16.6. The number of amides is 2. The van der Waals surface area contributed by atoms with E-state index in [-0.39, 0.29) is 12.0 Å². The molecule has 1 aromatic carbocycles. The predicted octanol–water partition coefficient (Wildman–Crippen LogP) is 2.82. The number of aromatic nitrogens is 1. The quantitative estimate of drug-likeness (QED) is 0.834. The first-order valence-corrected chi connectivity index (χ1v) is 9.28. The minimum atomic E-state index is -0.443. The van der Waals surface area contributed by atoms with Crippen LogP contribution in [0.15, 0.2) is 48.7 Å². The summed E-state index contributed by atoms with van der Waals surface area (Å²) in [4.78, 5) is 33.2. The summed E-state index contributed by atoms with van der Waals surface area (Å²) < 4.78 is 5.05. The standard InChI is InChI=1S/C21H25N3O3/c1-3-27-21(26)24-14-12-23(13-15-24)20(25)19(18-10-6-7-11-22-18)17-9-5-4-8-16(17)2/h4-11,19H,3,12-15H2,1-2H3. The van der Waals surface area contributed by atoms with E-state index < -0.39 is 5.92 Å². The van der Waals surface area contributed by atoms with Crippen molar-refractivity contribution in [2.75, 3.05) is 32.8 Å². The van der Waals surface area contributed by atoms with E-state index in [1.807, 2.05) is 54.3 Å². The number of rotatable bonds is 4. The molecular weight excluding hydrogens is 342 g/mol. The molecule has 0 bridgehead atoms. The fourth-order valence-corrected chi connectivity index (χ4v) is 3.38. The molecule has 6 heteroatoms. The van der Waals surface area contributed by atoms with Gasteiger partial charge in [-0.05, 0) is 37.1 Å². The molecular formula is C21H25N3O3. The Hall–Kier alpha value is -2.89. The summed E-state index contributed by atoms with van der Waals surface area (Å²) in [6, 6.07) is 13.6. The fourth-order valence-electron chi connectivity index (χ4n) is 3.38. The third kappa shape index (κ3) is 4.27. The highest BCUT2D eigenvalue weighted by Crippen LogP contribution is 2.28. The Balaban J connectivity index is 1.81. The van der Waals surface area contributed by atoms with Gasteiger partial charge >= 0.3 is 6.09 Å². The molecule has 1 aliphatic rings. The lowest BCUT2D eigenvalue weighted by molar-refractivity contribution is -0.133. The molecule has 0 spiro atoms. The van der Waals surface area contributed by atoms with Gasteiger partial charge in [-0.2, -0.15) is 0 Å². The maximum Gasteiger partial charge on any atom is 0.409 e. The number of ether oxygens (including phenoxy) is 1. The van der Waals surface area contributed by atoms with Crippen molar-refractivity contribution < 1.29 is 14.3 Å². The molecule has 3 rings (SSSR count). The van der Waals surface area contributed by atoms with Crippen molar-refractivity contribution in [1.82, 2.24) is 14.8 Å². The Labute approximate surface area is 159 Å². The molecule has 0 saturated carbocycles. The van der Waals surface area contributed by atoms with Crippen LogP contribution in [0.2, 0.25) is 0 Å². The summed E-state index contributed by atoms with van der Waals surface area (Å²) in [6.07, 6.45) is 1.40. The number of hydrogen-bond acceptors (Lipinski definition) is 4. The third-order valence-corrected chi connectivity index (χ3v) is 4.85. The number of pyridine rings is 1. The number of carbonyl (C=O) groups is 2. The van der Waals surface area contributed by atoms with Crippen LogP contribution in [-0.4, -0.2) is 59.6 Å². The molecule has 0 aliphatic carbocycles. The van der Waals surface area contributed by atoms with Gasteiger partial charge in [0.2, 0.25) is 5.91 Å². The maximum atomic E-state index is 13.4. The third-order valence-electron chi connectivity index (χ3n) is 4.85. The number of benzene rings is 1.